The van der Waals surface area contributed by atoms with E-state index in [1.54, 1.807) is 0 Å². The molecular formula is C9H6FNO4. The van der Waals surface area contributed by atoms with Crippen LogP contribution >= 0.6 is 0 Å². The topological polar surface area (TPSA) is 76.0 Å². The molecular weight excluding hydrogens is 205 g/mol. The molecule has 0 saturated carbocycles. The molecule has 1 N–H and O–H groups in total. The van der Waals surface area contributed by atoms with Crippen molar-refractivity contribution in [2.24, 2.45) is 4.99 Å². The summed E-state index contributed by atoms with van der Waals surface area (Å²) in [6, 6.07) is 1.57. The van der Waals surface area contributed by atoms with Crippen LogP contribution in [0.1, 0.15) is 10.4 Å². The summed E-state index contributed by atoms with van der Waals surface area (Å²) in [7, 11) is 1.08. The fourth-order valence-electron chi connectivity index (χ4n) is 0.956. The van der Waals surface area contributed by atoms with E-state index in [0.717, 1.165) is 13.2 Å². The highest BCUT2D eigenvalue weighted by molar-refractivity contribution is 5.91. The van der Waals surface area contributed by atoms with Gasteiger partial charge in [-0.1, -0.05) is 0 Å². The van der Waals surface area contributed by atoms with Crippen LogP contribution in [0.2, 0.25) is 0 Å². The van der Waals surface area contributed by atoms with E-state index < -0.39 is 23.1 Å². The number of hydrogen-bond acceptors (Lipinski definition) is 5. The fraction of sp³-hybridized carbons (Fsp3) is 0.111. The normalized spacial score (nSPS) is 9.20. The Balaban J connectivity index is 3.35. The van der Waals surface area contributed by atoms with Crippen LogP contribution in [0.4, 0.5) is 10.1 Å². The minimum absolute atomic E-state index is 0.244. The molecule has 0 bridgehead atoms. The Kier molecular flexibility index (Phi) is 3.15. The van der Waals surface area contributed by atoms with Gasteiger partial charge < -0.3 is 9.84 Å². The largest absolute Gasteiger partial charge is 0.506 e. The Morgan fingerprint density at radius 2 is 2.27 bits per heavy atom. The minimum atomic E-state index is -0.954. The van der Waals surface area contributed by atoms with Crippen LogP contribution in [0.15, 0.2) is 17.1 Å². The molecule has 1 rings (SSSR count). The van der Waals surface area contributed by atoms with Crippen molar-refractivity contribution in [3.8, 4) is 5.75 Å². The van der Waals surface area contributed by atoms with Crippen molar-refractivity contribution in [3.05, 3.63) is 23.5 Å². The molecule has 0 aliphatic rings. The summed E-state index contributed by atoms with van der Waals surface area (Å²) < 4.78 is 17.4. The summed E-state index contributed by atoms with van der Waals surface area (Å²) in [6.45, 7) is 0. The predicted molar refractivity (Wildman–Crippen MR) is 47.2 cm³/mol. The number of aliphatic imine (C=N–C) groups is 1. The first-order chi connectivity index (χ1) is 7.10. The number of nitrogens with zero attached hydrogens (tertiary/aromatic N) is 1. The number of rotatable bonds is 2. The van der Waals surface area contributed by atoms with Crippen LogP contribution in [-0.2, 0) is 9.53 Å². The Hall–Kier alpha value is -2.20. The number of phenolic OH excluding ortho intramolecular Hbond substituents is 1. The Labute approximate surface area is 83.8 Å². The molecule has 0 heterocycles. The Morgan fingerprint density at radius 1 is 1.60 bits per heavy atom. The number of halogens is 1. The van der Waals surface area contributed by atoms with E-state index >= 15 is 0 Å². The van der Waals surface area contributed by atoms with Gasteiger partial charge in [0.2, 0.25) is 6.08 Å². The Bertz CT molecular complexity index is 452. The van der Waals surface area contributed by atoms with Crippen LogP contribution < -0.4 is 0 Å². The van der Waals surface area contributed by atoms with Crippen molar-refractivity contribution >= 4 is 17.7 Å². The first-order valence-corrected chi connectivity index (χ1v) is 3.79. The molecule has 15 heavy (non-hydrogen) atoms. The molecule has 78 valence electrons. The van der Waals surface area contributed by atoms with Crippen molar-refractivity contribution in [3.63, 3.8) is 0 Å². The lowest BCUT2D eigenvalue weighted by Gasteiger charge is -2.03. The van der Waals surface area contributed by atoms with Gasteiger partial charge >= 0.3 is 5.97 Å². The van der Waals surface area contributed by atoms with Gasteiger partial charge in [-0.15, -0.1) is 0 Å². The number of methoxy groups -OCH3 is 1. The quantitative estimate of drug-likeness (QED) is 0.454. The van der Waals surface area contributed by atoms with Crippen molar-refractivity contribution in [2.75, 3.05) is 7.11 Å². The summed E-state index contributed by atoms with van der Waals surface area (Å²) in [4.78, 5) is 24.1. The third kappa shape index (κ3) is 2.18. The zero-order valence-electron chi connectivity index (χ0n) is 7.65. The molecule has 0 radical (unpaired) electrons. The van der Waals surface area contributed by atoms with Crippen LogP contribution in [-0.4, -0.2) is 24.3 Å². The lowest BCUT2D eigenvalue weighted by atomic mass is 10.2. The zero-order chi connectivity index (χ0) is 11.4. The molecule has 0 aliphatic carbocycles. The molecule has 0 atom stereocenters. The minimum Gasteiger partial charge on any atom is -0.506 e. The number of aromatic hydroxyl groups is 1. The summed E-state index contributed by atoms with van der Waals surface area (Å²) in [5, 5.41) is 9.14. The van der Waals surface area contributed by atoms with Gasteiger partial charge in [-0.25, -0.2) is 14.0 Å². The van der Waals surface area contributed by atoms with E-state index in [4.69, 9.17) is 5.11 Å². The molecule has 0 fully saturated rings. The van der Waals surface area contributed by atoms with Gasteiger partial charge in [-0.2, -0.15) is 4.99 Å². The number of ether oxygens (including phenoxy) is 1. The van der Waals surface area contributed by atoms with Gasteiger partial charge in [0, 0.05) is 6.07 Å². The molecule has 0 spiro atoms. The van der Waals surface area contributed by atoms with Gasteiger partial charge in [0.05, 0.1) is 12.7 Å². The summed E-state index contributed by atoms with van der Waals surface area (Å²) in [5.41, 5.74) is -0.656. The number of esters is 1. The van der Waals surface area contributed by atoms with E-state index in [-0.39, 0.29) is 5.69 Å². The molecule has 0 unspecified atom stereocenters. The number of isocyanates is 1. The zero-order valence-corrected chi connectivity index (χ0v) is 7.65. The molecule has 0 aromatic heterocycles. The highest BCUT2D eigenvalue weighted by Gasteiger charge is 2.15. The first-order valence-electron chi connectivity index (χ1n) is 3.79. The summed E-state index contributed by atoms with van der Waals surface area (Å²) in [5.74, 6) is -2.43. The smallest absolute Gasteiger partial charge is 0.340 e. The van der Waals surface area contributed by atoms with Gasteiger partial charge in [0.15, 0.2) is 0 Å². The first kappa shape index (κ1) is 10.9. The van der Waals surface area contributed by atoms with Crippen molar-refractivity contribution in [2.45, 2.75) is 0 Å². The van der Waals surface area contributed by atoms with Gasteiger partial charge in [0.1, 0.15) is 17.3 Å². The number of carbonyl (C=O) groups excluding carboxylic acids is 2. The maximum atomic E-state index is 13.1. The summed E-state index contributed by atoms with van der Waals surface area (Å²) >= 11 is 0. The second-order valence-electron chi connectivity index (χ2n) is 2.52. The van der Waals surface area contributed by atoms with E-state index in [1.807, 2.05) is 0 Å². The monoisotopic (exact) mass is 211 g/mol. The predicted octanol–water partition coefficient (Wildman–Crippen LogP) is 1.29. The average molecular weight is 211 g/mol. The number of carbonyl (C=O) groups is 1. The van der Waals surface area contributed by atoms with Crippen molar-refractivity contribution in [1.29, 1.82) is 0 Å². The maximum Gasteiger partial charge on any atom is 0.340 e. The molecule has 6 heteroatoms. The third-order valence-electron chi connectivity index (χ3n) is 1.64. The van der Waals surface area contributed by atoms with Crippen molar-refractivity contribution < 1.29 is 23.8 Å². The molecule has 5 nitrogen and oxygen atoms in total. The molecule has 0 saturated heterocycles. The van der Waals surface area contributed by atoms with Crippen LogP contribution in [0.5, 0.6) is 5.75 Å². The molecule has 1 aromatic rings. The SMILES string of the molecule is COC(=O)c1cc(N=C=O)c(O)cc1F. The molecule has 0 amide bonds. The number of benzene rings is 1. The fourth-order valence-corrected chi connectivity index (χ4v) is 0.956. The average Bonchev–Trinajstić information content (AvgIpc) is 2.21. The van der Waals surface area contributed by atoms with E-state index in [0.29, 0.717) is 6.07 Å². The highest BCUT2D eigenvalue weighted by atomic mass is 19.1. The summed E-state index contributed by atoms with van der Waals surface area (Å²) in [6.07, 6.45) is 1.17. The van der Waals surface area contributed by atoms with E-state index in [2.05, 4.69) is 9.73 Å². The highest BCUT2D eigenvalue weighted by Crippen LogP contribution is 2.29. The Morgan fingerprint density at radius 3 is 2.80 bits per heavy atom. The van der Waals surface area contributed by atoms with Crippen LogP contribution in [0.3, 0.4) is 0 Å². The third-order valence-corrected chi connectivity index (χ3v) is 1.64. The number of phenols is 1. The standard InChI is InChI=1S/C9H6FNO4/c1-15-9(14)5-2-7(11-4-12)8(13)3-6(5)10/h2-3,13H,1H3. The van der Waals surface area contributed by atoms with Crippen molar-refractivity contribution in [1.82, 2.24) is 0 Å². The van der Waals surface area contributed by atoms with Gasteiger partial charge in [0.25, 0.3) is 0 Å². The van der Waals surface area contributed by atoms with Gasteiger partial charge in [-0.3, -0.25) is 0 Å². The number of hydrogen-bond donors (Lipinski definition) is 1. The lowest BCUT2D eigenvalue weighted by Crippen LogP contribution is -2.03. The van der Waals surface area contributed by atoms with E-state index in [1.165, 1.54) is 6.08 Å². The second kappa shape index (κ2) is 4.34. The van der Waals surface area contributed by atoms with Crippen LogP contribution in [0, 0.1) is 5.82 Å². The van der Waals surface area contributed by atoms with Gasteiger partial charge in [-0.05, 0) is 6.07 Å². The maximum absolute atomic E-state index is 13.1. The molecule has 0 aliphatic heterocycles. The second-order valence-corrected chi connectivity index (χ2v) is 2.52. The van der Waals surface area contributed by atoms with E-state index in [9.17, 15) is 14.0 Å². The lowest BCUT2D eigenvalue weighted by molar-refractivity contribution is 0.0595. The molecule has 1 aromatic carbocycles. The van der Waals surface area contributed by atoms with Crippen LogP contribution in [0.25, 0.3) is 0 Å².